The van der Waals surface area contributed by atoms with Gasteiger partial charge in [-0.1, -0.05) is 24.3 Å². The number of ether oxygens (including phenoxy) is 1. The van der Waals surface area contributed by atoms with E-state index in [1.165, 1.54) is 0 Å². The molecular formula is C17H22N2O2. The van der Waals surface area contributed by atoms with Crippen molar-refractivity contribution in [3.05, 3.63) is 42.0 Å². The highest BCUT2D eigenvalue weighted by atomic mass is 16.5. The number of nitrogens with zero attached hydrogens (tertiary/aromatic N) is 1. The number of benzene rings is 2. The van der Waals surface area contributed by atoms with Gasteiger partial charge in [0, 0.05) is 12.6 Å². The highest BCUT2D eigenvalue weighted by Gasteiger charge is 2.14. The number of amides is 1. The Balaban J connectivity index is 2.25. The Bertz CT molecular complexity index is 638. The van der Waals surface area contributed by atoms with Gasteiger partial charge in [0.2, 0.25) is 0 Å². The van der Waals surface area contributed by atoms with Gasteiger partial charge in [-0.25, -0.2) is 0 Å². The Hall–Kier alpha value is -2.07. The van der Waals surface area contributed by atoms with Crippen LogP contribution >= 0.6 is 0 Å². The first-order valence-electron chi connectivity index (χ1n) is 7.04. The molecule has 1 amide bonds. The second-order valence-corrected chi connectivity index (χ2v) is 5.42. The average Bonchev–Trinajstić information content (AvgIpc) is 2.50. The van der Waals surface area contributed by atoms with Crippen molar-refractivity contribution in [3.63, 3.8) is 0 Å². The molecule has 0 heterocycles. The van der Waals surface area contributed by atoms with Crippen LogP contribution in [0.5, 0.6) is 5.75 Å². The first-order chi connectivity index (χ1) is 10.0. The van der Waals surface area contributed by atoms with Gasteiger partial charge in [0.15, 0.2) is 0 Å². The van der Waals surface area contributed by atoms with E-state index in [1.54, 1.807) is 7.11 Å². The van der Waals surface area contributed by atoms with Crippen LogP contribution in [0.25, 0.3) is 10.8 Å². The zero-order chi connectivity index (χ0) is 15.4. The summed E-state index contributed by atoms with van der Waals surface area (Å²) in [6, 6.07) is 12.0. The molecule has 0 spiro atoms. The minimum Gasteiger partial charge on any atom is -0.496 e. The smallest absolute Gasteiger partial charge is 0.255 e. The van der Waals surface area contributed by atoms with Crippen LogP contribution in [0, 0.1) is 0 Å². The van der Waals surface area contributed by atoms with E-state index in [4.69, 9.17) is 4.74 Å². The number of methoxy groups -OCH3 is 1. The first-order valence-corrected chi connectivity index (χ1v) is 7.04. The van der Waals surface area contributed by atoms with E-state index in [0.29, 0.717) is 17.9 Å². The molecule has 0 aliphatic heterocycles. The Kier molecular flexibility index (Phi) is 4.81. The number of nitrogens with one attached hydrogen (secondary N) is 1. The lowest BCUT2D eigenvalue weighted by Crippen LogP contribution is -2.38. The van der Waals surface area contributed by atoms with Crippen LogP contribution in [0.4, 0.5) is 0 Å². The standard InChI is InChI=1S/C17H22N2O2/c1-12(19(2)3)11-18-17(20)15-9-13-7-5-6-8-14(13)10-16(15)21-4/h5-10,12H,11H2,1-4H3,(H,18,20)/t12-/m1/s1. The van der Waals surface area contributed by atoms with Crippen LogP contribution in [0.3, 0.4) is 0 Å². The summed E-state index contributed by atoms with van der Waals surface area (Å²) in [4.78, 5) is 14.5. The third kappa shape index (κ3) is 3.52. The summed E-state index contributed by atoms with van der Waals surface area (Å²) in [5.41, 5.74) is 0.571. The largest absolute Gasteiger partial charge is 0.496 e. The monoisotopic (exact) mass is 286 g/mol. The quantitative estimate of drug-likeness (QED) is 0.918. The summed E-state index contributed by atoms with van der Waals surface area (Å²) in [6.07, 6.45) is 0. The maximum atomic E-state index is 12.4. The van der Waals surface area contributed by atoms with E-state index >= 15 is 0 Å². The fourth-order valence-corrected chi connectivity index (χ4v) is 2.08. The molecule has 0 radical (unpaired) electrons. The van der Waals surface area contributed by atoms with Gasteiger partial charge in [0.25, 0.3) is 5.91 Å². The van der Waals surface area contributed by atoms with Gasteiger partial charge >= 0.3 is 0 Å². The topological polar surface area (TPSA) is 41.6 Å². The number of rotatable bonds is 5. The molecule has 4 nitrogen and oxygen atoms in total. The van der Waals surface area contributed by atoms with Gasteiger partial charge in [-0.05, 0) is 43.9 Å². The molecule has 0 fully saturated rings. The lowest BCUT2D eigenvalue weighted by atomic mass is 10.1. The van der Waals surface area contributed by atoms with Gasteiger partial charge in [0.05, 0.1) is 12.7 Å². The number of carbonyl (C=O) groups excluding carboxylic acids is 1. The predicted molar refractivity (Wildman–Crippen MR) is 86.0 cm³/mol. The molecule has 1 N–H and O–H groups in total. The van der Waals surface area contributed by atoms with Crippen LogP contribution in [0.2, 0.25) is 0 Å². The Morgan fingerprint density at radius 2 is 1.86 bits per heavy atom. The van der Waals surface area contributed by atoms with Gasteiger partial charge < -0.3 is 15.0 Å². The summed E-state index contributed by atoms with van der Waals surface area (Å²) < 4.78 is 5.36. The van der Waals surface area contributed by atoms with Crippen LogP contribution < -0.4 is 10.1 Å². The summed E-state index contributed by atoms with van der Waals surface area (Å²) in [7, 11) is 5.57. The molecule has 112 valence electrons. The van der Waals surface area contributed by atoms with Crippen molar-refractivity contribution in [2.45, 2.75) is 13.0 Å². The van der Waals surface area contributed by atoms with E-state index < -0.39 is 0 Å². The van der Waals surface area contributed by atoms with E-state index in [1.807, 2.05) is 50.5 Å². The minimum absolute atomic E-state index is 0.105. The van der Waals surface area contributed by atoms with E-state index in [2.05, 4.69) is 17.1 Å². The molecule has 2 aromatic rings. The van der Waals surface area contributed by atoms with Crippen molar-refractivity contribution in [3.8, 4) is 5.75 Å². The number of hydrogen-bond acceptors (Lipinski definition) is 3. The third-order valence-corrected chi connectivity index (χ3v) is 3.75. The summed E-state index contributed by atoms with van der Waals surface area (Å²) in [6.45, 7) is 2.67. The maximum Gasteiger partial charge on any atom is 0.255 e. The number of hydrogen-bond donors (Lipinski definition) is 1. The molecule has 21 heavy (non-hydrogen) atoms. The fourth-order valence-electron chi connectivity index (χ4n) is 2.08. The third-order valence-electron chi connectivity index (χ3n) is 3.75. The number of carbonyl (C=O) groups is 1. The van der Waals surface area contributed by atoms with Gasteiger partial charge in [-0.15, -0.1) is 0 Å². The second-order valence-electron chi connectivity index (χ2n) is 5.42. The van der Waals surface area contributed by atoms with Gasteiger partial charge in [-0.3, -0.25) is 4.79 Å². The van der Waals surface area contributed by atoms with Crippen molar-refractivity contribution in [2.24, 2.45) is 0 Å². The highest BCUT2D eigenvalue weighted by Crippen LogP contribution is 2.25. The zero-order valence-electron chi connectivity index (χ0n) is 13.0. The summed E-state index contributed by atoms with van der Waals surface area (Å²) in [5.74, 6) is 0.495. The molecule has 0 aliphatic rings. The van der Waals surface area contributed by atoms with E-state index in [0.717, 1.165) is 10.8 Å². The molecule has 0 unspecified atom stereocenters. The second kappa shape index (κ2) is 6.59. The van der Waals surface area contributed by atoms with Gasteiger partial charge in [-0.2, -0.15) is 0 Å². The van der Waals surface area contributed by atoms with E-state index in [9.17, 15) is 4.79 Å². The molecule has 4 heteroatoms. The molecular weight excluding hydrogens is 264 g/mol. The summed E-state index contributed by atoms with van der Waals surface area (Å²) in [5, 5.41) is 5.05. The molecule has 0 aromatic heterocycles. The van der Waals surface area contributed by atoms with Crippen LogP contribution in [0.15, 0.2) is 36.4 Å². The molecule has 0 saturated carbocycles. The number of fused-ring (bicyclic) bond motifs is 1. The molecule has 0 saturated heterocycles. The lowest BCUT2D eigenvalue weighted by Gasteiger charge is -2.20. The Morgan fingerprint density at radius 3 is 2.43 bits per heavy atom. The molecule has 2 rings (SSSR count). The van der Waals surface area contributed by atoms with Crippen molar-refractivity contribution in [1.82, 2.24) is 10.2 Å². The van der Waals surface area contributed by atoms with Crippen molar-refractivity contribution < 1.29 is 9.53 Å². The summed E-state index contributed by atoms with van der Waals surface area (Å²) >= 11 is 0. The van der Waals surface area contributed by atoms with Crippen LogP contribution in [0.1, 0.15) is 17.3 Å². The maximum absolute atomic E-state index is 12.4. The van der Waals surface area contributed by atoms with Gasteiger partial charge in [0.1, 0.15) is 5.75 Å². The highest BCUT2D eigenvalue weighted by molar-refractivity contribution is 6.01. The lowest BCUT2D eigenvalue weighted by molar-refractivity contribution is 0.0941. The Labute approximate surface area is 125 Å². The zero-order valence-corrected chi connectivity index (χ0v) is 13.0. The number of likely N-dealkylation sites (N-methyl/N-ethyl adjacent to an activating group) is 1. The molecule has 1 atom stereocenters. The van der Waals surface area contributed by atoms with Crippen molar-refractivity contribution in [2.75, 3.05) is 27.7 Å². The molecule has 0 aliphatic carbocycles. The average molecular weight is 286 g/mol. The predicted octanol–water partition coefficient (Wildman–Crippen LogP) is 2.53. The fraction of sp³-hybridized carbons (Fsp3) is 0.353. The van der Waals surface area contributed by atoms with Crippen LogP contribution in [-0.4, -0.2) is 44.6 Å². The minimum atomic E-state index is -0.105. The molecule has 2 aromatic carbocycles. The van der Waals surface area contributed by atoms with E-state index in [-0.39, 0.29) is 11.9 Å². The molecule has 0 bridgehead atoms. The Morgan fingerprint density at radius 1 is 1.24 bits per heavy atom. The SMILES string of the molecule is COc1cc2ccccc2cc1C(=O)NC[C@@H](C)N(C)C. The van der Waals surface area contributed by atoms with Crippen molar-refractivity contribution in [1.29, 1.82) is 0 Å². The van der Waals surface area contributed by atoms with Crippen LogP contribution in [-0.2, 0) is 0 Å². The van der Waals surface area contributed by atoms with Crippen molar-refractivity contribution >= 4 is 16.7 Å². The first kappa shape index (κ1) is 15.3. The normalized spacial score (nSPS) is 12.4.